The Labute approximate surface area is 164 Å². The summed E-state index contributed by atoms with van der Waals surface area (Å²) in [6.07, 6.45) is 0. The van der Waals surface area contributed by atoms with Crippen molar-refractivity contribution in [3.63, 3.8) is 0 Å². The minimum Gasteiger partial charge on any atom is -0.345 e. The summed E-state index contributed by atoms with van der Waals surface area (Å²) in [6.45, 7) is 11.9. The lowest BCUT2D eigenvalue weighted by Gasteiger charge is -2.25. The minimum absolute atomic E-state index is 0.0461. The lowest BCUT2D eigenvalue weighted by molar-refractivity contribution is 0.660. The zero-order valence-electron chi connectivity index (χ0n) is 17.3. The number of rotatable bonds is 3. The van der Waals surface area contributed by atoms with Crippen LogP contribution in [0.25, 0.3) is 11.1 Å². The summed E-state index contributed by atoms with van der Waals surface area (Å²) in [5, 5.41) is 1.50. The number of benzene rings is 3. The molecular formula is C25H29NSi. The first-order chi connectivity index (χ1) is 12.7. The highest BCUT2D eigenvalue weighted by Gasteiger charge is 2.35. The van der Waals surface area contributed by atoms with Crippen LogP contribution < -0.4 is 10.1 Å². The summed E-state index contributed by atoms with van der Waals surface area (Å²) in [6, 6.07) is 24.9. The van der Waals surface area contributed by atoms with E-state index in [0.717, 1.165) is 0 Å². The number of fused-ring (bicyclic) bond motifs is 3. The van der Waals surface area contributed by atoms with Gasteiger partial charge in [0.05, 0.1) is 8.07 Å². The highest BCUT2D eigenvalue weighted by atomic mass is 28.3. The van der Waals surface area contributed by atoms with E-state index in [1.54, 1.807) is 0 Å². The summed E-state index contributed by atoms with van der Waals surface area (Å²) in [5.74, 6) is 0. The Bertz CT molecular complexity index is 994. The molecule has 1 nitrogen and oxygen atoms in total. The first-order valence-corrected chi connectivity index (χ1v) is 13.3. The van der Waals surface area contributed by atoms with Crippen LogP contribution in [0.4, 0.5) is 11.4 Å². The van der Waals surface area contributed by atoms with Crippen molar-refractivity contribution in [3.05, 3.63) is 77.9 Å². The second-order valence-electron chi connectivity index (χ2n) is 9.26. The average molecular weight is 372 g/mol. The summed E-state index contributed by atoms with van der Waals surface area (Å²) in [7, 11) is 0.909. The quantitative estimate of drug-likeness (QED) is 0.488. The molecule has 3 aromatic carbocycles. The molecule has 0 fully saturated rings. The van der Waals surface area contributed by atoms with Gasteiger partial charge in [-0.2, -0.15) is 0 Å². The number of hydrogen-bond acceptors (Lipinski definition) is 1. The Morgan fingerprint density at radius 2 is 1.30 bits per heavy atom. The van der Waals surface area contributed by atoms with E-state index < -0.39 is 8.07 Å². The molecular weight excluding hydrogens is 342 g/mol. The van der Waals surface area contributed by atoms with Crippen molar-refractivity contribution in [3.8, 4) is 11.1 Å². The second kappa shape index (κ2) is 6.10. The Morgan fingerprint density at radius 1 is 0.704 bits per heavy atom. The summed E-state index contributed by atoms with van der Waals surface area (Å²) >= 11 is 0. The molecule has 0 spiro atoms. The van der Waals surface area contributed by atoms with E-state index in [0.29, 0.717) is 0 Å². The van der Waals surface area contributed by atoms with Crippen LogP contribution in [0.5, 0.6) is 0 Å². The zero-order chi connectivity index (χ0) is 19.4. The smallest absolute Gasteiger partial charge is 0.0775 e. The minimum atomic E-state index is -1.26. The largest absolute Gasteiger partial charge is 0.345 e. The van der Waals surface area contributed by atoms with E-state index in [1.165, 1.54) is 38.8 Å². The third-order valence-corrected chi connectivity index (χ3v) is 8.14. The van der Waals surface area contributed by atoms with Gasteiger partial charge < -0.3 is 4.90 Å². The van der Waals surface area contributed by atoms with Gasteiger partial charge in [0.25, 0.3) is 0 Å². The summed E-state index contributed by atoms with van der Waals surface area (Å²) in [4.78, 5) is 2.30. The molecule has 138 valence electrons. The van der Waals surface area contributed by atoms with E-state index >= 15 is 0 Å². The van der Waals surface area contributed by atoms with Crippen LogP contribution in [0.3, 0.4) is 0 Å². The maximum Gasteiger partial charge on any atom is 0.0775 e. The van der Waals surface area contributed by atoms with Crippen molar-refractivity contribution >= 4 is 24.6 Å². The third kappa shape index (κ3) is 2.92. The molecule has 1 aliphatic carbocycles. The fourth-order valence-electron chi connectivity index (χ4n) is 4.24. The third-order valence-electron chi connectivity index (χ3n) is 6.08. The van der Waals surface area contributed by atoms with Crippen LogP contribution in [0.15, 0.2) is 66.7 Å². The predicted octanol–water partition coefficient (Wildman–Crippen LogP) is 6.31. The molecule has 0 radical (unpaired) electrons. The van der Waals surface area contributed by atoms with Crippen LogP contribution in [0.1, 0.15) is 25.0 Å². The SMILES string of the molecule is CN(c1ccc([Si](C)(C)C)cc1)c1ccc2c(c1)C(C)(C)c1ccccc1-2. The second-order valence-corrected chi connectivity index (χ2v) is 14.3. The normalized spacial score (nSPS) is 14.6. The molecule has 27 heavy (non-hydrogen) atoms. The van der Waals surface area contributed by atoms with E-state index in [2.05, 4.69) is 112 Å². The standard InChI is InChI=1S/C25H29NSi/c1-25(2)23-10-8-7-9-21(23)22-16-13-19(17-24(22)25)26(3)18-11-14-20(15-12-18)27(4,5)6/h7-17H,1-6H3. The van der Waals surface area contributed by atoms with Gasteiger partial charge in [-0.05, 0) is 46.5 Å². The summed E-state index contributed by atoms with van der Waals surface area (Å²) in [5.41, 5.74) is 8.14. The van der Waals surface area contributed by atoms with Crippen molar-refractivity contribution in [2.45, 2.75) is 38.9 Å². The van der Waals surface area contributed by atoms with Gasteiger partial charge in [-0.15, -0.1) is 0 Å². The van der Waals surface area contributed by atoms with Crippen molar-refractivity contribution in [2.24, 2.45) is 0 Å². The number of hydrogen-bond donors (Lipinski definition) is 0. The Kier molecular flexibility index (Phi) is 4.08. The topological polar surface area (TPSA) is 3.24 Å². The van der Waals surface area contributed by atoms with E-state index in [4.69, 9.17) is 0 Å². The fourth-order valence-corrected chi connectivity index (χ4v) is 5.40. The van der Waals surface area contributed by atoms with Gasteiger partial charge >= 0.3 is 0 Å². The molecule has 2 heteroatoms. The Hall–Kier alpha value is -2.32. The maximum absolute atomic E-state index is 2.39. The first-order valence-electron chi connectivity index (χ1n) is 9.78. The Balaban J connectivity index is 1.72. The molecule has 0 unspecified atom stereocenters. The van der Waals surface area contributed by atoms with Gasteiger partial charge in [0.2, 0.25) is 0 Å². The lowest BCUT2D eigenvalue weighted by Crippen LogP contribution is -2.37. The number of nitrogens with zero attached hydrogens (tertiary/aromatic N) is 1. The fraction of sp³-hybridized carbons (Fsp3) is 0.280. The van der Waals surface area contributed by atoms with Crippen molar-refractivity contribution in [1.29, 1.82) is 0 Å². The van der Waals surface area contributed by atoms with Crippen LogP contribution >= 0.6 is 0 Å². The molecule has 4 rings (SSSR count). The lowest BCUT2D eigenvalue weighted by atomic mass is 9.82. The molecule has 0 amide bonds. The van der Waals surface area contributed by atoms with Gasteiger partial charge in [-0.1, -0.05) is 81.1 Å². The van der Waals surface area contributed by atoms with E-state index in [9.17, 15) is 0 Å². The van der Waals surface area contributed by atoms with Crippen LogP contribution in [0, 0.1) is 0 Å². The predicted molar refractivity (Wildman–Crippen MR) is 121 cm³/mol. The molecule has 0 atom stereocenters. The van der Waals surface area contributed by atoms with Gasteiger partial charge in [0, 0.05) is 23.8 Å². The Morgan fingerprint density at radius 3 is 1.96 bits per heavy atom. The highest BCUT2D eigenvalue weighted by Crippen LogP contribution is 2.49. The highest BCUT2D eigenvalue weighted by molar-refractivity contribution is 6.88. The molecule has 3 aromatic rings. The molecule has 0 N–H and O–H groups in total. The molecule has 0 aromatic heterocycles. The molecule has 0 aliphatic heterocycles. The van der Waals surface area contributed by atoms with Crippen molar-refractivity contribution < 1.29 is 0 Å². The molecule has 1 aliphatic rings. The van der Waals surface area contributed by atoms with Crippen LogP contribution in [-0.4, -0.2) is 15.1 Å². The van der Waals surface area contributed by atoms with Crippen molar-refractivity contribution in [2.75, 3.05) is 11.9 Å². The van der Waals surface area contributed by atoms with Gasteiger partial charge in [-0.3, -0.25) is 0 Å². The number of anilines is 2. The van der Waals surface area contributed by atoms with Crippen LogP contribution in [0.2, 0.25) is 19.6 Å². The molecule has 0 saturated carbocycles. The molecule has 0 saturated heterocycles. The van der Waals surface area contributed by atoms with Crippen molar-refractivity contribution in [1.82, 2.24) is 0 Å². The first kappa shape index (κ1) is 18.1. The maximum atomic E-state index is 2.39. The van der Waals surface area contributed by atoms with E-state index in [1.807, 2.05) is 0 Å². The monoisotopic (exact) mass is 371 g/mol. The zero-order valence-corrected chi connectivity index (χ0v) is 18.3. The molecule has 0 heterocycles. The molecule has 0 bridgehead atoms. The average Bonchev–Trinajstić information content (AvgIpc) is 2.88. The van der Waals surface area contributed by atoms with Crippen LogP contribution in [-0.2, 0) is 5.41 Å². The van der Waals surface area contributed by atoms with E-state index in [-0.39, 0.29) is 5.41 Å². The summed E-state index contributed by atoms with van der Waals surface area (Å²) < 4.78 is 0. The van der Waals surface area contributed by atoms with Gasteiger partial charge in [-0.25, -0.2) is 0 Å². The van der Waals surface area contributed by atoms with Gasteiger partial charge in [0.1, 0.15) is 0 Å². The van der Waals surface area contributed by atoms with Gasteiger partial charge in [0.15, 0.2) is 0 Å².